The molecule has 0 fully saturated rings. The molecule has 1 aromatic rings. The van der Waals surface area contributed by atoms with Crippen molar-refractivity contribution in [3.8, 4) is 0 Å². The third-order valence-electron chi connectivity index (χ3n) is 3.10. The lowest BCUT2D eigenvalue weighted by Crippen LogP contribution is -2.13. The van der Waals surface area contributed by atoms with Crippen LogP contribution in [0.5, 0.6) is 0 Å². The Kier molecular flexibility index (Phi) is 6.70. The predicted octanol–water partition coefficient (Wildman–Crippen LogP) is 4.16. The maximum atomic E-state index is 6.21. The highest BCUT2D eigenvalue weighted by atomic mass is 35.5. The fourth-order valence-electron chi connectivity index (χ4n) is 1.84. The van der Waals surface area contributed by atoms with E-state index in [9.17, 15) is 0 Å². The van der Waals surface area contributed by atoms with Gasteiger partial charge in [-0.1, -0.05) is 32.0 Å². The van der Waals surface area contributed by atoms with Gasteiger partial charge in [-0.05, 0) is 49.3 Å². The van der Waals surface area contributed by atoms with Crippen molar-refractivity contribution in [1.29, 1.82) is 0 Å². The minimum absolute atomic E-state index is 0. The smallest absolute Gasteiger partial charge is 0.0297 e. The lowest BCUT2D eigenvalue weighted by Gasteiger charge is -2.17. The van der Waals surface area contributed by atoms with Crippen LogP contribution in [0.1, 0.15) is 49.4 Å². The molecule has 0 aromatic heterocycles. The zero-order chi connectivity index (χ0) is 11.4. The number of benzene rings is 1. The van der Waals surface area contributed by atoms with E-state index in [1.54, 1.807) is 0 Å². The van der Waals surface area contributed by atoms with Gasteiger partial charge in [0.05, 0.1) is 0 Å². The summed E-state index contributed by atoms with van der Waals surface area (Å²) >= 11 is 0. The van der Waals surface area contributed by atoms with Gasteiger partial charge in [-0.25, -0.2) is 0 Å². The molecule has 0 bridgehead atoms. The lowest BCUT2D eigenvalue weighted by molar-refractivity contribution is 0.506. The number of hydrogen-bond donors (Lipinski definition) is 1. The molecule has 92 valence electrons. The summed E-state index contributed by atoms with van der Waals surface area (Å²) in [5.74, 6) is 0.737. The normalized spacial score (nSPS) is 12.4. The molecular weight excluding hydrogens is 218 g/mol. The van der Waals surface area contributed by atoms with E-state index in [4.69, 9.17) is 5.73 Å². The Bertz CT molecular complexity index is 321. The summed E-state index contributed by atoms with van der Waals surface area (Å²) in [6, 6.07) is 6.61. The Morgan fingerprint density at radius 1 is 1.12 bits per heavy atom. The minimum Gasteiger partial charge on any atom is -0.324 e. The van der Waals surface area contributed by atoms with Gasteiger partial charge in [0.1, 0.15) is 0 Å². The first kappa shape index (κ1) is 15.5. The number of halogens is 1. The molecule has 0 unspecified atom stereocenters. The lowest BCUT2D eigenvalue weighted by atomic mass is 9.93. The van der Waals surface area contributed by atoms with Gasteiger partial charge < -0.3 is 5.73 Å². The van der Waals surface area contributed by atoms with Gasteiger partial charge in [-0.2, -0.15) is 0 Å². The highest BCUT2D eigenvalue weighted by molar-refractivity contribution is 5.85. The average Bonchev–Trinajstić information content (AvgIpc) is 2.18. The standard InChI is InChI=1S/C14H23N.ClH/c1-10(2)8-9-14(15)13-7-5-6-11(3)12(13)4;/h5-7,10,14H,8-9,15H2,1-4H3;1H/t14-;/m0./s1. The van der Waals surface area contributed by atoms with Crippen LogP contribution in [0, 0.1) is 19.8 Å². The van der Waals surface area contributed by atoms with E-state index in [1.807, 2.05) is 0 Å². The third kappa shape index (κ3) is 4.15. The Labute approximate surface area is 106 Å². The molecule has 0 heterocycles. The van der Waals surface area contributed by atoms with Crippen molar-refractivity contribution < 1.29 is 0 Å². The summed E-state index contributed by atoms with van der Waals surface area (Å²) < 4.78 is 0. The van der Waals surface area contributed by atoms with E-state index in [1.165, 1.54) is 23.1 Å². The van der Waals surface area contributed by atoms with Crippen LogP contribution in [0.3, 0.4) is 0 Å². The van der Waals surface area contributed by atoms with E-state index in [-0.39, 0.29) is 18.4 Å². The van der Waals surface area contributed by atoms with E-state index in [0.717, 1.165) is 12.3 Å². The molecule has 1 nitrogen and oxygen atoms in total. The molecule has 0 aliphatic rings. The van der Waals surface area contributed by atoms with Crippen LogP contribution in [0.4, 0.5) is 0 Å². The molecular formula is C14H24ClN. The molecule has 2 heteroatoms. The van der Waals surface area contributed by atoms with E-state index in [0.29, 0.717) is 0 Å². The quantitative estimate of drug-likeness (QED) is 0.842. The summed E-state index contributed by atoms with van der Waals surface area (Å²) in [5, 5.41) is 0. The zero-order valence-electron chi connectivity index (χ0n) is 10.8. The highest BCUT2D eigenvalue weighted by Gasteiger charge is 2.10. The minimum atomic E-state index is 0. The Hall–Kier alpha value is -0.530. The van der Waals surface area contributed by atoms with Crippen molar-refractivity contribution in [2.24, 2.45) is 11.7 Å². The molecule has 1 rings (SSSR count). The van der Waals surface area contributed by atoms with Gasteiger partial charge >= 0.3 is 0 Å². The van der Waals surface area contributed by atoms with Crippen LogP contribution in [0.15, 0.2) is 18.2 Å². The Balaban J connectivity index is 0.00000225. The fourth-order valence-corrected chi connectivity index (χ4v) is 1.84. The topological polar surface area (TPSA) is 26.0 Å². The van der Waals surface area contributed by atoms with Crippen LogP contribution < -0.4 is 5.73 Å². The van der Waals surface area contributed by atoms with Crippen LogP contribution in [0.25, 0.3) is 0 Å². The van der Waals surface area contributed by atoms with Gasteiger partial charge in [0.25, 0.3) is 0 Å². The van der Waals surface area contributed by atoms with Crippen LogP contribution >= 0.6 is 12.4 Å². The molecule has 0 spiro atoms. The van der Waals surface area contributed by atoms with Crippen LogP contribution in [-0.2, 0) is 0 Å². The number of rotatable bonds is 4. The van der Waals surface area contributed by atoms with Crippen molar-refractivity contribution in [3.05, 3.63) is 34.9 Å². The third-order valence-corrected chi connectivity index (χ3v) is 3.10. The second kappa shape index (κ2) is 6.93. The van der Waals surface area contributed by atoms with Gasteiger partial charge in [0.2, 0.25) is 0 Å². The van der Waals surface area contributed by atoms with Crippen molar-refractivity contribution >= 4 is 12.4 Å². The van der Waals surface area contributed by atoms with E-state index < -0.39 is 0 Å². The summed E-state index contributed by atoms with van der Waals surface area (Å²) in [4.78, 5) is 0. The first-order valence-electron chi connectivity index (χ1n) is 5.84. The van der Waals surface area contributed by atoms with E-state index >= 15 is 0 Å². The second-order valence-electron chi connectivity index (χ2n) is 4.87. The molecule has 1 aromatic carbocycles. The predicted molar refractivity (Wildman–Crippen MR) is 74.2 cm³/mol. The van der Waals surface area contributed by atoms with Gasteiger partial charge in [-0.15, -0.1) is 12.4 Å². The molecule has 0 saturated heterocycles. The first-order chi connectivity index (χ1) is 7.02. The SMILES string of the molecule is Cc1cccc([C@@H](N)CCC(C)C)c1C.Cl. The number of nitrogens with two attached hydrogens (primary N) is 1. The largest absolute Gasteiger partial charge is 0.324 e. The maximum absolute atomic E-state index is 6.21. The monoisotopic (exact) mass is 241 g/mol. The Morgan fingerprint density at radius 2 is 1.75 bits per heavy atom. The number of hydrogen-bond acceptors (Lipinski definition) is 1. The molecule has 0 amide bonds. The van der Waals surface area contributed by atoms with Crippen molar-refractivity contribution in [2.45, 2.75) is 46.6 Å². The molecule has 0 saturated carbocycles. The van der Waals surface area contributed by atoms with Crippen molar-refractivity contribution in [3.63, 3.8) is 0 Å². The summed E-state index contributed by atoms with van der Waals surface area (Å²) in [6.45, 7) is 8.81. The van der Waals surface area contributed by atoms with Gasteiger partial charge in [-0.3, -0.25) is 0 Å². The fraction of sp³-hybridized carbons (Fsp3) is 0.571. The molecule has 0 aliphatic carbocycles. The second-order valence-corrected chi connectivity index (χ2v) is 4.87. The molecule has 2 N–H and O–H groups in total. The van der Waals surface area contributed by atoms with Gasteiger partial charge in [0, 0.05) is 6.04 Å². The number of aryl methyl sites for hydroxylation is 1. The Morgan fingerprint density at radius 3 is 2.31 bits per heavy atom. The summed E-state index contributed by atoms with van der Waals surface area (Å²) in [5.41, 5.74) is 10.2. The maximum Gasteiger partial charge on any atom is 0.0297 e. The van der Waals surface area contributed by atoms with Crippen LogP contribution in [0.2, 0.25) is 0 Å². The van der Waals surface area contributed by atoms with E-state index in [2.05, 4.69) is 45.9 Å². The summed E-state index contributed by atoms with van der Waals surface area (Å²) in [6.07, 6.45) is 2.29. The highest BCUT2D eigenvalue weighted by Crippen LogP contribution is 2.23. The van der Waals surface area contributed by atoms with Crippen molar-refractivity contribution in [1.82, 2.24) is 0 Å². The van der Waals surface area contributed by atoms with Crippen LogP contribution in [-0.4, -0.2) is 0 Å². The molecule has 0 aliphatic heterocycles. The molecule has 1 atom stereocenters. The van der Waals surface area contributed by atoms with Gasteiger partial charge in [0.15, 0.2) is 0 Å². The molecule has 16 heavy (non-hydrogen) atoms. The molecule has 0 radical (unpaired) electrons. The summed E-state index contributed by atoms with van der Waals surface area (Å²) in [7, 11) is 0. The first-order valence-corrected chi connectivity index (χ1v) is 5.84. The zero-order valence-corrected chi connectivity index (χ0v) is 11.6. The average molecular weight is 242 g/mol. The van der Waals surface area contributed by atoms with Crippen molar-refractivity contribution in [2.75, 3.05) is 0 Å².